The topological polar surface area (TPSA) is 70.2 Å². The highest BCUT2D eigenvalue weighted by Gasteiger charge is 2.30. The lowest BCUT2D eigenvalue weighted by Crippen LogP contribution is -2.45. The van der Waals surface area contributed by atoms with Gasteiger partial charge in [0, 0.05) is 5.69 Å². The molecule has 0 unspecified atom stereocenters. The number of amides is 2. The zero-order valence-electron chi connectivity index (χ0n) is 10.2. The minimum absolute atomic E-state index is 0.140. The molecule has 0 aliphatic carbocycles. The second-order valence-electron chi connectivity index (χ2n) is 3.67. The van der Waals surface area contributed by atoms with Crippen LogP contribution in [0.4, 0.5) is 18.9 Å². The van der Waals surface area contributed by atoms with Gasteiger partial charge in [0.05, 0.1) is 10.6 Å². The molecule has 5 nitrogen and oxygen atoms in total. The highest BCUT2D eigenvalue weighted by Crippen LogP contribution is 2.30. The Kier molecular flexibility index (Phi) is 5.03. The van der Waals surface area contributed by atoms with Gasteiger partial charge in [-0.1, -0.05) is 18.3 Å². The minimum atomic E-state index is -4.53. The number of benzene rings is 1. The molecule has 1 aromatic carbocycles. The lowest BCUT2D eigenvalue weighted by atomic mass is 10.2. The van der Waals surface area contributed by atoms with Gasteiger partial charge in [-0.05, 0) is 25.1 Å². The Hall–Kier alpha value is -2.16. The summed E-state index contributed by atoms with van der Waals surface area (Å²) in [6, 6.07) is 3.93. The summed E-state index contributed by atoms with van der Waals surface area (Å²) in [5.74, 6) is -2.19. The Morgan fingerprint density at radius 2 is 1.80 bits per heavy atom. The number of halogens is 3. The molecule has 0 radical (unpaired) electrons. The van der Waals surface area contributed by atoms with Crippen molar-refractivity contribution >= 4 is 34.7 Å². The van der Waals surface area contributed by atoms with E-state index in [4.69, 9.17) is 0 Å². The molecule has 0 atom stereocenters. The van der Waals surface area contributed by atoms with Crippen LogP contribution in [0.2, 0.25) is 0 Å². The number of hydrogen-bond donors (Lipinski definition) is 3. The molecule has 0 heterocycles. The van der Waals surface area contributed by atoms with E-state index in [2.05, 4.69) is 17.6 Å². The van der Waals surface area contributed by atoms with E-state index >= 15 is 0 Å². The Morgan fingerprint density at radius 1 is 1.15 bits per heavy atom. The molecule has 1 aromatic rings. The van der Waals surface area contributed by atoms with Gasteiger partial charge in [-0.2, -0.15) is 13.2 Å². The average Bonchev–Trinajstić information content (AvgIpc) is 2.35. The number of carbonyl (C=O) groups is 2. The highest BCUT2D eigenvalue weighted by molar-refractivity contribution is 7.80. The monoisotopic (exact) mass is 305 g/mol. The summed E-state index contributed by atoms with van der Waals surface area (Å²) in [7, 11) is 0. The fourth-order valence-corrected chi connectivity index (χ4v) is 1.21. The first-order chi connectivity index (χ1) is 9.20. The van der Waals surface area contributed by atoms with Crippen molar-refractivity contribution in [2.75, 3.05) is 5.32 Å². The Balaban J connectivity index is 2.71. The molecular formula is C11H10F3N3O2S. The first-order valence-corrected chi connectivity index (χ1v) is 5.66. The molecule has 0 aliphatic heterocycles. The molecule has 2 amide bonds. The quantitative estimate of drug-likeness (QED) is 0.419. The molecule has 1 rings (SSSR count). The van der Waals surface area contributed by atoms with Gasteiger partial charge in [-0.15, -0.1) is 0 Å². The Bertz CT molecular complexity index is 546. The second-order valence-corrected chi connectivity index (χ2v) is 4.28. The molecule has 0 bridgehead atoms. The van der Waals surface area contributed by atoms with Gasteiger partial charge in [0.2, 0.25) is 0 Å². The number of hydrogen-bond acceptors (Lipinski definition) is 3. The third-order valence-electron chi connectivity index (χ3n) is 2.01. The van der Waals surface area contributed by atoms with E-state index in [1.165, 1.54) is 13.0 Å². The number of anilines is 1. The van der Waals surface area contributed by atoms with Crippen LogP contribution in [-0.2, 0) is 15.8 Å². The smallest absolute Gasteiger partial charge is 0.318 e. The van der Waals surface area contributed by atoms with Crippen molar-refractivity contribution < 1.29 is 22.8 Å². The van der Waals surface area contributed by atoms with Gasteiger partial charge in [0.15, 0.2) is 0 Å². The van der Waals surface area contributed by atoms with Crippen molar-refractivity contribution in [1.82, 2.24) is 10.9 Å². The van der Waals surface area contributed by atoms with Gasteiger partial charge in [-0.25, -0.2) is 0 Å². The summed E-state index contributed by atoms with van der Waals surface area (Å²) in [4.78, 5) is 22.9. The van der Waals surface area contributed by atoms with Crippen LogP contribution in [0, 0.1) is 0 Å². The largest absolute Gasteiger partial charge is 0.416 e. The SMILES string of the molecule is CC(=S)NNC(=O)C(=O)Nc1cccc(C(F)(F)F)c1. The van der Waals surface area contributed by atoms with Crippen molar-refractivity contribution in [2.45, 2.75) is 13.1 Å². The van der Waals surface area contributed by atoms with E-state index < -0.39 is 23.6 Å². The molecule has 3 N–H and O–H groups in total. The second kappa shape index (κ2) is 6.33. The van der Waals surface area contributed by atoms with Gasteiger partial charge in [0.25, 0.3) is 0 Å². The molecular weight excluding hydrogens is 295 g/mol. The molecule has 0 aromatic heterocycles. The summed E-state index contributed by atoms with van der Waals surface area (Å²) in [6.45, 7) is 1.47. The first-order valence-electron chi connectivity index (χ1n) is 5.25. The van der Waals surface area contributed by atoms with Crippen molar-refractivity contribution in [3.8, 4) is 0 Å². The van der Waals surface area contributed by atoms with Crippen LogP contribution >= 0.6 is 12.2 Å². The number of nitrogens with one attached hydrogen (secondary N) is 3. The van der Waals surface area contributed by atoms with E-state index in [0.29, 0.717) is 0 Å². The molecule has 0 spiro atoms. The summed E-state index contributed by atoms with van der Waals surface area (Å²) in [5.41, 5.74) is 3.15. The zero-order valence-corrected chi connectivity index (χ0v) is 11.0. The third-order valence-corrected chi connectivity index (χ3v) is 2.11. The third kappa shape index (κ3) is 4.84. The maximum atomic E-state index is 12.5. The molecule has 0 fully saturated rings. The van der Waals surface area contributed by atoms with Crippen LogP contribution in [-0.4, -0.2) is 16.8 Å². The van der Waals surface area contributed by atoms with Crippen LogP contribution in [0.25, 0.3) is 0 Å². The van der Waals surface area contributed by atoms with Crippen LogP contribution < -0.4 is 16.2 Å². The first kappa shape index (κ1) is 15.9. The van der Waals surface area contributed by atoms with Crippen LogP contribution in [0.3, 0.4) is 0 Å². The molecule has 0 saturated heterocycles. The fourth-order valence-electron chi connectivity index (χ4n) is 1.16. The lowest BCUT2D eigenvalue weighted by molar-refractivity contribution is -0.137. The summed E-state index contributed by atoms with van der Waals surface area (Å²) in [6.07, 6.45) is -4.53. The maximum absolute atomic E-state index is 12.5. The summed E-state index contributed by atoms with van der Waals surface area (Å²) in [5, 5.41) is 2.04. The van der Waals surface area contributed by atoms with E-state index in [1.54, 1.807) is 0 Å². The Morgan fingerprint density at radius 3 is 2.35 bits per heavy atom. The van der Waals surface area contributed by atoms with E-state index in [1.807, 2.05) is 10.7 Å². The van der Waals surface area contributed by atoms with Crippen molar-refractivity contribution in [3.05, 3.63) is 29.8 Å². The number of rotatable bonds is 1. The Labute approximate surface area is 117 Å². The minimum Gasteiger partial charge on any atom is -0.318 e. The van der Waals surface area contributed by atoms with Crippen molar-refractivity contribution in [1.29, 1.82) is 0 Å². The standard InChI is InChI=1S/C11H10F3N3O2S/c1-6(20)16-17-10(19)9(18)15-8-4-2-3-7(5-8)11(12,13)14/h2-5H,1H3,(H,15,18)(H,16,20)(H,17,19). The predicted octanol–water partition coefficient (Wildman–Crippen LogP) is 1.61. The summed E-state index contributed by atoms with van der Waals surface area (Å²) >= 11 is 4.61. The van der Waals surface area contributed by atoms with Gasteiger partial charge >= 0.3 is 18.0 Å². The van der Waals surface area contributed by atoms with Gasteiger partial charge in [0.1, 0.15) is 0 Å². The summed E-state index contributed by atoms with van der Waals surface area (Å²) < 4.78 is 37.4. The molecule has 9 heteroatoms. The molecule has 20 heavy (non-hydrogen) atoms. The van der Waals surface area contributed by atoms with Crippen LogP contribution in [0.5, 0.6) is 0 Å². The van der Waals surface area contributed by atoms with E-state index in [9.17, 15) is 22.8 Å². The fraction of sp³-hybridized carbons (Fsp3) is 0.182. The van der Waals surface area contributed by atoms with Gasteiger partial charge in [-0.3, -0.25) is 20.4 Å². The zero-order chi connectivity index (χ0) is 15.3. The van der Waals surface area contributed by atoms with Crippen molar-refractivity contribution in [2.24, 2.45) is 0 Å². The lowest BCUT2D eigenvalue weighted by Gasteiger charge is -2.10. The molecule has 108 valence electrons. The molecule has 0 aliphatic rings. The van der Waals surface area contributed by atoms with Crippen LogP contribution in [0.1, 0.15) is 12.5 Å². The van der Waals surface area contributed by atoms with Gasteiger partial charge < -0.3 is 5.32 Å². The maximum Gasteiger partial charge on any atom is 0.416 e. The number of alkyl halides is 3. The number of carbonyl (C=O) groups excluding carboxylic acids is 2. The predicted molar refractivity (Wildman–Crippen MR) is 69.6 cm³/mol. The average molecular weight is 305 g/mol. The van der Waals surface area contributed by atoms with E-state index in [0.717, 1.165) is 18.2 Å². The van der Waals surface area contributed by atoms with E-state index in [-0.39, 0.29) is 10.7 Å². The normalized spacial score (nSPS) is 10.6. The number of hydrazine groups is 1. The highest BCUT2D eigenvalue weighted by atomic mass is 32.1. The van der Waals surface area contributed by atoms with Crippen LogP contribution in [0.15, 0.2) is 24.3 Å². The van der Waals surface area contributed by atoms with Crippen molar-refractivity contribution in [3.63, 3.8) is 0 Å². The number of thiocarbonyl (C=S) groups is 1. The molecule has 0 saturated carbocycles.